The van der Waals surface area contributed by atoms with E-state index < -0.39 is 0 Å². The molecule has 2 heterocycles. The fraction of sp³-hybridized carbons (Fsp3) is 0.471. The monoisotopic (exact) mass is 286 g/mol. The van der Waals surface area contributed by atoms with E-state index in [0.717, 1.165) is 42.5 Å². The van der Waals surface area contributed by atoms with Crippen LogP contribution in [0.5, 0.6) is 0 Å². The number of para-hydroxylation sites is 1. The van der Waals surface area contributed by atoms with E-state index in [1.165, 1.54) is 0 Å². The summed E-state index contributed by atoms with van der Waals surface area (Å²) in [5, 5.41) is 1.04. The van der Waals surface area contributed by atoms with Gasteiger partial charge in [0.25, 0.3) is 0 Å². The summed E-state index contributed by atoms with van der Waals surface area (Å²) in [7, 11) is 0. The van der Waals surface area contributed by atoms with Crippen molar-refractivity contribution in [2.75, 3.05) is 13.1 Å². The maximum absolute atomic E-state index is 12.8. The number of benzene rings is 1. The van der Waals surface area contributed by atoms with Gasteiger partial charge < -0.3 is 15.1 Å². The minimum Gasteiger partial charge on any atom is -0.460 e. The number of likely N-dealkylation sites (tertiary alicyclic amines) is 1. The lowest BCUT2D eigenvalue weighted by Gasteiger charge is -2.36. The van der Waals surface area contributed by atoms with Crippen LogP contribution >= 0.6 is 0 Å². The molecule has 1 amide bonds. The van der Waals surface area contributed by atoms with Crippen LogP contribution in [0, 0.1) is 0 Å². The molecule has 0 spiro atoms. The van der Waals surface area contributed by atoms with Crippen LogP contribution < -0.4 is 5.73 Å². The van der Waals surface area contributed by atoms with Gasteiger partial charge in [0, 0.05) is 24.5 Å². The Bertz CT molecular complexity index is 602. The molecule has 2 unspecified atom stereocenters. The van der Waals surface area contributed by atoms with E-state index >= 15 is 0 Å². The first-order chi connectivity index (χ1) is 10.2. The highest BCUT2D eigenvalue weighted by atomic mass is 16.3. The van der Waals surface area contributed by atoms with Gasteiger partial charge in [-0.15, -0.1) is 0 Å². The van der Waals surface area contributed by atoms with E-state index in [9.17, 15) is 4.79 Å². The Balaban J connectivity index is 1.83. The topological polar surface area (TPSA) is 59.5 Å². The van der Waals surface area contributed by atoms with Crippen molar-refractivity contribution in [2.45, 2.75) is 38.1 Å². The minimum atomic E-state index is -0.260. The van der Waals surface area contributed by atoms with Crippen molar-refractivity contribution < 1.29 is 9.21 Å². The molecular formula is C17H22N2O2. The van der Waals surface area contributed by atoms with Crippen molar-refractivity contribution in [3.8, 4) is 0 Å². The molecule has 1 aromatic heterocycles. The van der Waals surface area contributed by atoms with E-state index in [-0.39, 0.29) is 17.9 Å². The lowest BCUT2D eigenvalue weighted by Crippen LogP contribution is -2.48. The molecule has 3 rings (SSSR count). The summed E-state index contributed by atoms with van der Waals surface area (Å²) in [4.78, 5) is 14.7. The third-order valence-corrected chi connectivity index (χ3v) is 4.42. The molecule has 2 aromatic rings. The van der Waals surface area contributed by atoms with Crippen molar-refractivity contribution in [1.29, 1.82) is 0 Å². The number of piperidine rings is 1. The number of fused-ring (bicyclic) bond motifs is 1. The third-order valence-electron chi connectivity index (χ3n) is 4.42. The third kappa shape index (κ3) is 2.68. The highest BCUT2D eigenvalue weighted by molar-refractivity contribution is 5.85. The molecule has 2 atom stereocenters. The molecule has 0 saturated carbocycles. The lowest BCUT2D eigenvalue weighted by atomic mass is 9.98. The van der Waals surface area contributed by atoms with Gasteiger partial charge in [0.2, 0.25) is 5.91 Å². The first-order valence-corrected chi connectivity index (χ1v) is 7.69. The van der Waals surface area contributed by atoms with Gasteiger partial charge in [0.1, 0.15) is 11.3 Å². The Morgan fingerprint density at radius 2 is 2.24 bits per heavy atom. The van der Waals surface area contributed by atoms with E-state index in [0.29, 0.717) is 6.54 Å². The Hall–Kier alpha value is -1.81. The molecule has 0 bridgehead atoms. The molecule has 0 aliphatic carbocycles. The van der Waals surface area contributed by atoms with Crippen LogP contribution in [0.25, 0.3) is 11.0 Å². The largest absolute Gasteiger partial charge is 0.460 e. The molecule has 21 heavy (non-hydrogen) atoms. The first kappa shape index (κ1) is 14.1. The number of carbonyl (C=O) groups excluding carboxylic acids is 1. The fourth-order valence-electron chi connectivity index (χ4n) is 3.12. The van der Waals surface area contributed by atoms with E-state index in [1.807, 2.05) is 42.2 Å². The Kier molecular flexibility index (Phi) is 3.97. The van der Waals surface area contributed by atoms with Crippen molar-refractivity contribution >= 4 is 16.9 Å². The zero-order chi connectivity index (χ0) is 14.8. The second kappa shape index (κ2) is 5.90. The fourth-order valence-corrected chi connectivity index (χ4v) is 3.12. The van der Waals surface area contributed by atoms with Gasteiger partial charge in [-0.1, -0.05) is 18.2 Å². The zero-order valence-electron chi connectivity index (χ0n) is 12.4. The SMILES string of the molecule is CC(C(=O)N1CCCCC1CN)c1cc2ccccc2o1. The van der Waals surface area contributed by atoms with Crippen LogP contribution in [0.1, 0.15) is 37.9 Å². The van der Waals surface area contributed by atoms with Crippen molar-refractivity contribution in [1.82, 2.24) is 4.90 Å². The molecule has 4 heteroatoms. The van der Waals surface area contributed by atoms with Gasteiger partial charge in [-0.25, -0.2) is 0 Å². The highest BCUT2D eigenvalue weighted by Gasteiger charge is 2.30. The summed E-state index contributed by atoms with van der Waals surface area (Å²) in [6.45, 7) is 3.27. The van der Waals surface area contributed by atoms with E-state index in [2.05, 4.69) is 0 Å². The summed E-state index contributed by atoms with van der Waals surface area (Å²) in [6.07, 6.45) is 3.23. The number of amides is 1. The Labute approximate surface area is 124 Å². The molecule has 1 saturated heterocycles. The number of carbonyl (C=O) groups is 1. The second-order valence-corrected chi connectivity index (χ2v) is 5.83. The molecule has 4 nitrogen and oxygen atoms in total. The van der Waals surface area contributed by atoms with Crippen LogP contribution in [-0.4, -0.2) is 29.9 Å². The van der Waals surface area contributed by atoms with Crippen molar-refractivity contribution in [3.63, 3.8) is 0 Å². The van der Waals surface area contributed by atoms with Gasteiger partial charge in [-0.05, 0) is 38.3 Å². The van der Waals surface area contributed by atoms with Crippen LogP contribution in [0.3, 0.4) is 0 Å². The van der Waals surface area contributed by atoms with Crippen molar-refractivity contribution in [3.05, 3.63) is 36.1 Å². The van der Waals surface area contributed by atoms with Crippen LogP contribution in [-0.2, 0) is 4.79 Å². The van der Waals surface area contributed by atoms with Crippen LogP contribution in [0.4, 0.5) is 0 Å². The smallest absolute Gasteiger partial charge is 0.233 e. The molecule has 1 aromatic carbocycles. The van der Waals surface area contributed by atoms with Gasteiger partial charge in [-0.3, -0.25) is 4.79 Å². The molecule has 1 aliphatic heterocycles. The van der Waals surface area contributed by atoms with E-state index in [4.69, 9.17) is 10.2 Å². The summed E-state index contributed by atoms with van der Waals surface area (Å²) in [5.41, 5.74) is 6.65. The lowest BCUT2D eigenvalue weighted by molar-refractivity contribution is -0.136. The zero-order valence-corrected chi connectivity index (χ0v) is 12.4. The molecule has 1 fully saturated rings. The number of rotatable bonds is 3. The number of furan rings is 1. The average Bonchev–Trinajstić information content (AvgIpc) is 2.97. The standard InChI is InChI=1S/C17H22N2O2/c1-12(16-10-13-6-2-3-8-15(13)21-16)17(20)19-9-5-4-7-14(19)11-18/h2-3,6,8,10,12,14H,4-5,7,9,11,18H2,1H3. The van der Waals surface area contributed by atoms with Gasteiger partial charge in [0.05, 0.1) is 5.92 Å². The number of hydrogen-bond acceptors (Lipinski definition) is 3. The summed E-state index contributed by atoms with van der Waals surface area (Å²) in [6, 6.07) is 10.0. The number of nitrogens with zero attached hydrogens (tertiary/aromatic N) is 1. The number of nitrogens with two attached hydrogens (primary N) is 1. The molecular weight excluding hydrogens is 264 g/mol. The normalized spacial score (nSPS) is 20.7. The Morgan fingerprint density at radius 1 is 1.43 bits per heavy atom. The average molecular weight is 286 g/mol. The molecule has 1 aliphatic rings. The highest BCUT2D eigenvalue weighted by Crippen LogP contribution is 2.28. The molecule has 112 valence electrons. The predicted molar refractivity (Wildman–Crippen MR) is 83.0 cm³/mol. The minimum absolute atomic E-state index is 0.129. The summed E-state index contributed by atoms with van der Waals surface area (Å²) in [5.74, 6) is 0.608. The molecule has 0 radical (unpaired) electrons. The second-order valence-electron chi connectivity index (χ2n) is 5.83. The molecule has 2 N–H and O–H groups in total. The maximum atomic E-state index is 12.8. The van der Waals surface area contributed by atoms with Crippen molar-refractivity contribution in [2.24, 2.45) is 5.73 Å². The first-order valence-electron chi connectivity index (χ1n) is 7.69. The van der Waals surface area contributed by atoms with Gasteiger partial charge in [0.15, 0.2) is 0 Å². The summed E-state index contributed by atoms with van der Waals surface area (Å²) >= 11 is 0. The summed E-state index contributed by atoms with van der Waals surface area (Å²) < 4.78 is 5.83. The van der Waals surface area contributed by atoms with Gasteiger partial charge >= 0.3 is 0 Å². The Morgan fingerprint density at radius 3 is 3.00 bits per heavy atom. The van der Waals surface area contributed by atoms with Gasteiger partial charge in [-0.2, -0.15) is 0 Å². The maximum Gasteiger partial charge on any atom is 0.233 e. The van der Waals surface area contributed by atoms with E-state index in [1.54, 1.807) is 0 Å². The quantitative estimate of drug-likeness (QED) is 0.943. The van der Waals surface area contributed by atoms with Crippen LogP contribution in [0.2, 0.25) is 0 Å². The number of hydrogen-bond donors (Lipinski definition) is 1. The predicted octanol–water partition coefficient (Wildman–Crippen LogP) is 2.88. The van der Waals surface area contributed by atoms with Crippen LogP contribution in [0.15, 0.2) is 34.7 Å².